The van der Waals surface area contributed by atoms with Crippen molar-refractivity contribution in [2.45, 2.75) is 0 Å². The van der Waals surface area contributed by atoms with E-state index in [0.29, 0.717) is 22.3 Å². The van der Waals surface area contributed by atoms with Crippen molar-refractivity contribution in [2.75, 3.05) is 0 Å². The van der Waals surface area contributed by atoms with E-state index in [1.807, 2.05) is 0 Å². The molecular formula is C19H14O5. The standard InChI is InChI=1S/C19H14O5/c20-17(21)11-5-13-1-7-15(8-2-13)19(24)16-9-3-14(4-10-16)6-12-18(22)23/h1-12H,(H,20,21)(H,22,23)/b11-5+,12-6+. The minimum atomic E-state index is -1.04. The fourth-order valence-corrected chi connectivity index (χ4v) is 1.99. The first-order valence-electron chi connectivity index (χ1n) is 7.02. The number of hydrogen-bond donors (Lipinski definition) is 2. The second-order valence-electron chi connectivity index (χ2n) is 4.92. The van der Waals surface area contributed by atoms with E-state index in [0.717, 1.165) is 12.2 Å². The van der Waals surface area contributed by atoms with E-state index >= 15 is 0 Å². The molecule has 24 heavy (non-hydrogen) atoms. The van der Waals surface area contributed by atoms with Crippen LogP contribution in [-0.2, 0) is 9.59 Å². The monoisotopic (exact) mass is 322 g/mol. The normalized spacial score (nSPS) is 11.0. The van der Waals surface area contributed by atoms with Crippen molar-refractivity contribution in [2.24, 2.45) is 0 Å². The molecule has 2 aromatic rings. The number of carbonyl (C=O) groups excluding carboxylic acids is 1. The maximum atomic E-state index is 12.4. The van der Waals surface area contributed by atoms with Crippen molar-refractivity contribution in [3.05, 3.63) is 82.9 Å². The van der Waals surface area contributed by atoms with E-state index in [9.17, 15) is 14.4 Å². The van der Waals surface area contributed by atoms with Crippen LogP contribution in [0.1, 0.15) is 27.0 Å². The third-order valence-electron chi connectivity index (χ3n) is 3.18. The first kappa shape index (κ1) is 16.9. The Balaban J connectivity index is 2.13. The number of ketones is 1. The summed E-state index contributed by atoms with van der Waals surface area (Å²) in [6.45, 7) is 0. The molecule has 0 bridgehead atoms. The van der Waals surface area contributed by atoms with Crippen LogP contribution in [0.25, 0.3) is 12.2 Å². The zero-order valence-electron chi connectivity index (χ0n) is 12.5. The first-order valence-corrected chi connectivity index (χ1v) is 7.02. The molecule has 0 amide bonds. The number of benzene rings is 2. The highest BCUT2D eigenvalue weighted by Crippen LogP contribution is 2.14. The average Bonchev–Trinajstić information content (AvgIpc) is 2.58. The Morgan fingerprint density at radius 1 is 0.625 bits per heavy atom. The first-order chi connectivity index (χ1) is 11.5. The Hall–Kier alpha value is -3.47. The average molecular weight is 322 g/mol. The van der Waals surface area contributed by atoms with Crippen LogP contribution in [0.2, 0.25) is 0 Å². The fraction of sp³-hybridized carbons (Fsp3) is 0. The number of carboxylic acids is 2. The predicted molar refractivity (Wildman–Crippen MR) is 89.7 cm³/mol. The lowest BCUT2D eigenvalue weighted by Gasteiger charge is -2.03. The largest absolute Gasteiger partial charge is 0.478 e. The molecule has 2 aromatic carbocycles. The van der Waals surface area contributed by atoms with E-state index < -0.39 is 11.9 Å². The smallest absolute Gasteiger partial charge is 0.328 e. The van der Waals surface area contributed by atoms with Gasteiger partial charge in [0.1, 0.15) is 0 Å². The summed E-state index contributed by atoms with van der Waals surface area (Å²) in [6.07, 6.45) is 4.95. The van der Waals surface area contributed by atoms with Crippen LogP contribution in [-0.4, -0.2) is 27.9 Å². The minimum absolute atomic E-state index is 0.169. The molecule has 0 fully saturated rings. The molecule has 0 aliphatic rings. The maximum Gasteiger partial charge on any atom is 0.328 e. The Morgan fingerprint density at radius 3 is 1.25 bits per heavy atom. The molecule has 0 unspecified atom stereocenters. The van der Waals surface area contributed by atoms with Gasteiger partial charge in [0.15, 0.2) is 5.78 Å². The van der Waals surface area contributed by atoms with E-state index in [1.165, 1.54) is 12.2 Å². The zero-order chi connectivity index (χ0) is 17.5. The molecule has 0 aliphatic carbocycles. The molecule has 0 atom stereocenters. The molecule has 2 rings (SSSR count). The minimum Gasteiger partial charge on any atom is -0.478 e. The van der Waals surface area contributed by atoms with Gasteiger partial charge < -0.3 is 10.2 Å². The Morgan fingerprint density at radius 2 is 0.958 bits per heavy atom. The molecule has 0 saturated heterocycles. The van der Waals surface area contributed by atoms with E-state index in [1.54, 1.807) is 48.5 Å². The highest BCUT2D eigenvalue weighted by molar-refractivity contribution is 6.09. The molecule has 0 aromatic heterocycles. The number of carbonyl (C=O) groups is 3. The topological polar surface area (TPSA) is 91.7 Å². The summed E-state index contributed by atoms with van der Waals surface area (Å²) in [6, 6.07) is 13.2. The van der Waals surface area contributed by atoms with Gasteiger partial charge in [-0.1, -0.05) is 48.5 Å². The summed E-state index contributed by atoms with van der Waals surface area (Å²) in [5.41, 5.74) is 2.33. The van der Waals surface area contributed by atoms with Gasteiger partial charge in [-0.2, -0.15) is 0 Å². The van der Waals surface area contributed by atoms with Crippen LogP contribution in [0.3, 0.4) is 0 Å². The van der Waals surface area contributed by atoms with Crippen LogP contribution in [0.5, 0.6) is 0 Å². The molecule has 5 heteroatoms. The zero-order valence-corrected chi connectivity index (χ0v) is 12.5. The maximum absolute atomic E-state index is 12.4. The highest BCUT2D eigenvalue weighted by atomic mass is 16.4. The Bertz CT molecular complexity index is 742. The molecule has 2 N–H and O–H groups in total. The lowest BCUT2D eigenvalue weighted by molar-refractivity contribution is -0.132. The fourth-order valence-electron chi connectivity index (χ4n) is 1.99. The SMILES string of the molecule is O=C(O)/C=C/c1ccc(C(=O)c2ccc(/C=C/C(=O)O)cc2)cc1. The molecule has 0 saturated carbocycles. The van der Waals surface area contributed by atoms with Crippen LogP contribution >= 0.6 is 0 Å². The van der Waals surface area contributed by atoms with Crippen LogP contribution in [0.4, 0.5) is 0 Å². The molecule has 0 radical (unpaired) electrons. The van der Waals surface area contributed by atoms with Crippen molar-refractivity contribution in [3.63, 3.8) is 0 Å². The van der Waals surface area contributed by atoms with Crippen molar-refractivity contribution >= 4 is 29.9 Å². The summed E-state index contributed by atoms with van der Waals surface area (Å²) < 4.78 is 0. The van der Waals surface area contributed by atoms with Crippen LogP contribution in [0.15, 0.2) is 60.7 Å². The Labute approximate surface area is 138 Å². The number of aliphatic carboxylic acids is 2. The van der Waals surface area contributed by atoms with E-state index in [4.69, 9.17) is 10.2 Å². The Kier molecular flexibility index (Phi) is 5.41. The highest BCUT2D eigenvalue weighted by Gasteiger charge is 2.08. The van der Waals surface area contributed by atoms with Gasteiger partial charge in [-0.05, 0) is 23.3 Å². The summed E-state index contributed by atoms with van der Waals surface area (Å²) in [7, 11) is 0. The number of hydrogen-bond acceptors (Lipinski definition) is 3. The van der Waals surface area contributed by atoms with Gasteiger partial charge in [-0.25, -0.2) is 9.59 Å². The van der Waals surface area contributed by atoms with Gasteiger partial charge in [0.2, 0.25) is 0 Å². The molecule has 5 nitrogen and oxygen atoms in total. The second-order valence-corrected chi connectivity index (χ2v) is 4.92. The second kappa shape index (κ2) is 7.69. The van der Waals surface area contributed by atoms with E-state index in [2.05, 4.69) is 0 Å². The van der Waals surface area contributed by atoms with Crippen molar-refractivity contribution in [3.8, 4) is 0 Å². The lowest BCUT2D eigenvalue weighted by Crippen LogP contribution is -2.01. The van der Waals surface area contributed by atoms with E-state index in [-0.39, 0.29) is 5.78 Å². The van der Waals surface area contributed by atoms with Gasteiger partial charge in [-0.15, -0.1) is 0 Å². The molecular weight excluding hydrogens is 308 g/mol. The van der Waals surface area contributed by atoms with Crippen LogP contribution in [0, 0.1) is 0 Å². The summed E-state index contributed by atoms with van der Waals surface area (Å²) in [5, 5.41) is 17.2. The van der Waals surface area contributed by atoms with Crippen molar-refractivity contribution in [1.82, 2.24) is 0 Å². The van der Waals surface area contributed by atoms with Gasteiger partial charge in [-0.3, -0.25) is 4.79 Å². The molecule has 0 heterocycles. The number of carboxylic acid groups (broad SMARTS) is 2. The summed E-state index contributed by atoms with van der Waals surface area (Å²) in [5.74, 6) is -2.24. The molecule has 120 valence electrons. The third kappa shape index (κ3) is 4.78. The predicted octanol–water partition coefficient (Wildman–Crippen LogP) is 3.11. The molecule has 0 aliphatic heterocycles. The van der Waals surface area contributed by atoms with Gasteiger partial charge >= 0.3 is 11.9 Å². The summed E-state index contributed by atoms with van der Waals surface area (Å²) >= 11 is 0. The third-order valence-corrected chi connectivity index (χ3v) is 3.18. The van der Waals surface area contributed by atoms with Gasteiger partial charge in [0.25, 0.3) is 0 Å². The molecule has 0 spiro atoms. The van der Waals surface area contributed by atoms with Crippen LogP contribution < -0.4 is 0 Å². The number of rotatable bonds is 6. The van der Waals surface area contributed by atoms with Gasteiger partial charge in [0, 0.05) is 23.3 Å². The van der Waals surface area contributed by atoms with Crippen molar-refractivity contribution < 1.29 is 24.6 Å². The van der Waals surface area contributed by atoms with Gasteiger partial charge in [0.05, 0.1) is 0 Å². The quantitative estimate of drug-likeness (QED) is 0.630. The summed E-state index contributed by atoms with van der Waals surface area (Å²) in [4.78, 5) is 33.3. The van der Waals surface area contributed by atoms with Crippen molar-refractivity contribution in [1.29, 1.82) is 0 Å². The lowest BCUT2D eigenvalue weighted by atomic mass is 10.0.